The summed E-state index contributed by atoms with van der Waals surface area (Å²) in [5.41, 5.74) is 5.68. The van der Waals surface area contributed by atoms with Crippen LogP contribution in [0.25, 0.3) is 0 Å². The molecule has 1 heterocycles. The maximum Gasteiger partial charge on any atom is 0.257 e. The molecule has 7 nitrogen and oxygen atoms in total. The Labute approximate surface area is 80.2 Å². The molecule has 14 heavy (non-hydrogen) atoms. The summed E-state index contributed by atoms with van der Waals surface area (Å²) in [6.07, 6.45) is 2.89. The summed E-state index contributed by atoms with van der Waals surface area (Å²) in [6, 6.07) is 0. The van der Waals surface area contributed by atoms with Crippen molar-refractivity contribution < 1.29 is 10.0 Å². The first-order valence-corrected chi connectivity index (χ1v) is 3.85. The second kappa shape index (κ2) is 4.26. The Morgan fingerprint density at radius 1 is 1.86 bits per heavy atom. The zero-order chi connectivity index (χ0) is 10.6. The smallest absolute Gasteiger partial charge is 0.257 e. The molecule has 1 aromatic heterocycles. The highest BCUT2D eigenvalue weighted by molar-refractivity contribution is 5.96. The van der Waals surface area contributed by atoms with E-state index in [9.17, 15) is 4.79 Å². The highest BCUT2D eigenvalue weighted by atomic mass is 16.4. The molecule has 0 aliphatic carbocycles. The van der Waals surface area contributed by atoms with Crippen molar-refractivity contribution in [1.29, 1.82) is 0 Å². The molecule has 76 valence electrons. The van der Waals surface area contributed by atoms with Gasteiger partial charge in [0, 0.05) is 13.2 Å². The fourth-order valence-electron chi connectivity index (χ4n) is 0.935. The molecule has 7 heteroatoms. The van der Waals surface area contributed by atoms with E-state index in [1.807, 2.05) is 0 Å². The highest BCUT2D eigenvalue weighted by Crippen LogP contribution is 1.99. The van der Waals surface area contributed by atoms with Crippen LogP contribution in [0.2, 0.25) is 0 Å². The number of rotatable bonds is 3. The lowest BCUT2D eigenvalue weighted by Gasteiger charge is -2.14. The number of carbonyl (C=O) groups excluding carboxylic acids is 1. The van der Waals surface area contributed by atoms with Crippen LogP contribution in [0, 0.1) is 0 Å². The lowest BCUT2D eigenvalue weighted by molar-refractivity contribution is 0.0814. The minimum Gasteiger partial charge on any atom is -0.409 e. The average molecular weight is 197 g/mol. The molecule has 0 saturated carbocycles. The van der Waals surface area contributed by atoms with E-state index in [0.29, 0.717) is 5.56 Å². The Bertz CT molecular complexity index is 332. The van der Waals surface area contributed by atoms with Crippen molar-refractivity contribution in [3.8, 4) is 0 Å². The molecule has 1 aromatic rings. The van der Waals surface area contributed by atoms with Crippen molar-refractivity contribution in [3.05, 3.63) is 18.0 Å². The van der Waals surface area contributed by atoms with Crippen LogP contribution in [0.1, 0.15) is 10.4 Å². The van der Waals surface area contributed by atoms with Gasteiger partial charge in [-0.15, -0.1) is 0 Å². The van der Waals surface area contributed by atoms with E-state index in [1.54, 1.807) is 7.05 Å². The summed E-state index contributed by atoms with van der Waals surface area (Å²) < 4.78 is 0. The molecule has 4 N–H and O–H groups in total. The quantitative estimate of drug-likeness (QED) is 0.256. The Morgan fingerprint density at radius 3 is 3.07 bits per heavy atom. The number of hydrogen-bond acceptors (Lipinski definition) is 4. The molecular weight excluding hydrogens is 186 g/mol. The third kappa shape index (κ3) is 2.22. The van der Waals surface area contributed by atoms with Crippen LogP contribution < -0.4 is 5.73 Å². The third-order valence-electron chi connectivity index (χ3n) is 1.62. The van der Waals surface area contributed by atoms with Gasteiger partial charge in [-0.25, -0.2) is 0 Å². The lowest BCUT2D eigenvalue weighted by atomic mass is 10.3. The first kappa shape index (κ1) is 10.0. The van der Waals surface area contributed by atoms with Gasteiger partial charge < -0.3 is 15.8 Å². The van der Waals surface area contributed by atoms with Gasteiger partial charge in [-0.2, -0.15) is 5.10 Å². The van der Waals surface area contributed by atoms with Crippen LogP contribution in [0.15, 0.2) is 17.5 Å². The zero-order valence-corrected chi connectivity index (χ0v) is 7.64. The van der Waals surface area contributed by atoms with Crippen molar-refractivity contribution in [2.24, 2.45) is 10.9 Å². The molecule has 0 bridgehead atoms. The predicted octanol–water partition coefficient (Wildman–Crippen LogP) is -0.772. The fourth-order valence-corrected chi connectivity index (χ4v) is 0.935. The van der Waals surface area contributed by atoms with Gasteiger partial charge in [0.15, 0.2) is 5.84 Å². The van der Waals surface area contributed by atoms with E-state index < -0.39 is 0 Å². The second-order valence-corrected chi connectivity index (χ2v) is 2.74. The first-order chi connectivity index (χ1) is 6.65. The van der Waals surface area contributed by atoms with Crippen LogP contribution in [-0.4, -0.2) is 45.6 Å². The van der Waals surface area contributed by atoms with E-state index >= 15 is 0 Å². The highest BCUT2D eigenvalue weighted by Gasteiger charge is 2.13. The number of H-pyrrole nitrogens is 1. The normalized spacial score (nSPS) is 11.4. The molecule has 0 aliphatic rings. The third-order valence-corrected chi connectivity index (χ3v) is 1.62. The van der Waals surface area contributed by atoms with E-state index in [2.05, 4.69) is 15.4 Å². The number of amidine groups is 1. The monoisotopic (exact) mass is 197 g/mol. The van der Waals surface area contributed by atoms with E-state index in [-0.39, 0.29) is 18.3 Å². The van der Waals surface area contributed by atoms with Gasteiger partial charge in [-0.1, -0.05) is 5.16 Å². The van der Waals surface area contributed by atoms with Crippen LogP contribution >= 0.6 is 0 Å². The minimum absolute atomic E-state index is 0.0238. The maximum absolute atomic E-state index is 11.5. The molecule has 0 unspecified atom stereocenters. The van der Waals surface area contributed by atoms with Gasteiger partial charge in [0.25, 0.3) is 5.91 Å². The standard InChI is InChI=1S/C7H11N5O2/c1-12(4-6(8)11-14)7(13)5-2-9-10-3-5/h2-3,14H,4H2,1H3,(H2,8,11)(H,9,10). The summed E-state index contributed by atoms with van der Waals surface area (Å²) in [5, 5.41) is 17.2. The number of hydrogen-bond donors (Lipinski definition) is 3. The SMILES string of the molecule is CN(CC(N)=NO)C(=O)c1cn[nH]c1. The van der Waals surface area contributed by atoms with Crippen molar-refractivity contribution in [1.82, 2.24) is 15.1 Å². The number of aromatic nitrogens is 2. The number of nitrogens with two attached hydrogens (primary N) is 1. The van der Waals surface area contributed by atoms with Crippen molar-refractivity contribution in [3.63, 3.8) is 0 Å². The van der Waals surface area contributed by atoms with Crippen molar-refractivity contribution >= 4 is 11.7 Å². The summed E-state index contributed by atoms with van der Waals surface area (Å²) in [7, 11) is 1.55. The van der Waals surface area contributed by atoms with Crippen LogP contribution in [-0.2, 0) is 0 Å². The molecule has 1 amide bonds. The minimum atomic E-state index is -0.245. The predicted molar refractivity (Wildman–Crippen MR) is 49.0 cm³/mol. The van der Waals surface area contributed by atoms with Gasteiger partial charge in [-0.05, 0) is 0 Å². The summed E-state index contributed by atoms with van der Waals surface area (Å²) in [5.74, 6) is -0.269. The average Bonchev–Trinajstić information content (AvgIpc) is 2.69. The van der Waals surface area contributed by atoms with Crippen LogP contribution in [0.3, 0.4) is 0 Å². The fraction of sp³-hybridized carbons (Fsp3) is 0.286. The second-order valence-electron chi connectivity index (χ2n) is 2.74. The van der Waals surface area contributed by atoms with E-state index in [4.69, 9.17) is 10.9 Å². The molecule has 1 rings (SSSR count). The molecule has 0 saturated heterocycles. The molecule has 0 spiro atoms. The van der Waals surface area contributed by atoms with Crippen molar-refractivity contribution in [2.75, 3.05) is 13.6 Å². The largest absolute Gasteiger partial charge is 0.409 e. The number of amides is 1. The van der Waals surface area contributed by atoms with Gasteiger partial charge in [-0.3, -0.25) is 9.89 Å². The Balaban J connectivity index is 2.62. The first-order valence-electron chi connectivity index (χ1n) is 3.85. The van der Waals surface area contributed by atoms with E-state index in [1.165, 1.54) is 17.3 Å². The Hall–Kier alpha value is -2.05. The topological polar surface area (TPSA) is 108 Å². The summed E-state index contributed by atoms with van der Waals surface area (Å²) >= 11 is 0. The van der Waals surface area contributed by atoms with E-state index in [0.717, 1.165) is 0 Å². The number of nitrogens with zero attached hydrogens (tertiary/aromatic N) is 3. The van der Waals surface area contributed by atoms with Gasteiger partial charge in [0.05, 0.1) is 18.3 Å². The number of aromatic amines is 1. The molecule has 0 aromatic carbocycles. The van der Waals surface area contributed by atoms with Crippen molar-refractivity contribution in [2.45, 2.75) is 0 Å². The maximum atomic E-state index is 11.5. The molecule has 0 aliphatic heterocycles. The molecular formula is C7H11N5O2. The number of likely N-dealkylation sites (N-methyl/N-ethyl adjacent to an activating group) is 1. The van der Waals surface area contributed by atoms with Gasteiger partial charge in [0.1, 0.15) is 0 Å². The van der Waals surface area contributed by atoms with Crippen LogP contribution in [0.4, 0.5) is 0 Å². The Kier molecular flexibility index (Phi) is 3.05. The summed E-state index contributed by atoms with van der Waals surface area (Å²) in [4.78, 5) is 12.9. The lowest BCUT2D eigenvalue weighted by Crippen LogP contribution is -2.35. The number of oxime groups is 1. The van der Waals surface area contributed by atoms with Gasteiger partial charge >= 0.3 is 0 Å². The Morgan fingerprint density at radius 2 is 2.57 bits per heavy atom. The van der Waals surface area contributed by atoms with Gasteiger partial charge in [0.2, 0.25) is 0 Å². The molecule has 0 fully saturated rings. The zero-order valence-electron chi connectivity index (χ0n) is 7.64. The molecule has 0 atom stereocenters. The summed E-state index contributed by atoms with van der Waals surface area (Å²) in [6.45, 7) is 0.0700. The van der Waals surface area contributed by atoms with Crippen LogP contribution in [0.5, 0.6) is 0 Å². The number of nitrogens with one attached hydrogen (secondary N) is 1. The molecule has 0 radical (unpaired) electrons. The number of carbonyl (C=O) groups is 1.